The summed E-state index contributed by atoms with van der Waals surface area (Å²) in [6.45, 7) is 1.67. The molecule has 0 spiro atoms. The number of aromatic hydroxyl groups is 2. The zero-order valence-electron chi connectivity index (χ0n) is 11.1. The van der Waals surface area contributed by atoms with Gasteiger partial charge >= 0.3 is 0 Å². The van der Waals surface area contributed by atoms with Gasteiger partial charge in [0.25, 0.3) is 0 Å². The zero-order chi connectivity index (χ0) is 15.0. The fourth-order valence-electron chi connectivity index (χ4n) is 2.04. The van der Waals surface area contributed by atoms with Crippen LogP contribution >= 0.6 is 0 Å². The van der Waals surface area contributed by atoms with Crippen LogP contribution in [0.25, 0.3) is 10.9 Å². The lowest BCUT2D eigenvalue weighted by atomic mass is 10.2. The molecular weight excluding hydrogens is 273 g/mol. The number of phenols is 2. The summed E-state index contributed by atoms with van der Waals surface area (Å²) < 4.78 is 13.3. The second-order valence-electron chi connectivity index (χ2n) is 4.67. The minimum Gasteiger partial charge on any atom is -0.504 e. The summed E-state index contributed by atoms with van der Waals surface area (Å²) in [7, 11) is 0. The Morgan fingerprint density at radius 1 is 1.05 bits per heavy atom. The summed E-state index contributed by atoms with van der Waals surface area (Å²) in [5, 5.41) is 22.7. The van der Waals surface area contributed by atoms with Crippen molar-refractivity contribution in [1.29, 1.82) is 0 Å². The number of hydrogen-bond acceptors (Lipinski definition) is 5. The average Bonchev–Trinajstić information content (AvgIpc) is 2.45. The fourth-order valence-corrected chi connectivity index (χ4v) is 2.04. The maximum absolute atomic E-state index is 13.3. The van der Waals surface area contributed by atoms with Crippen LogP contribution in [0, 0.1) is 12.7 Å². The molecule has 3 rings (SSSR count). The van der Waals surface area contributed by atoms with Crippen LogP contribution in [0.1, 0.15) is 5.56 Å². The number of aromatic nitrogens is 2. The first-order chi connectivity index (χ1) is 10.0. The largest absolute Gasteiger partial charge is 0.504 e. The molecule has 3 aromatic rings. The lowest BCUT2D eigenvalue weighted by Gasteiger charge is -2.10. The van der Waals surface area contributed by atoms with Crippen molar-refractivity contribution < 1.29 is 14.6 Å². The highest BCUT2D eigenvalue weighted by Crippen LogP contribution is 2.32. The first-order valence-electron chi connectivity index (χ1n) is 6.24. The number of rotatable bonds is 2. The predicted octanol–water partition coefficient (Wildman–Crippen LogP) is 3.23. The van der Waals surface area contributed by atoms with Crippen LogP contribution in [0.2, 0.25) is 0 Å². The van der Waals surface area contributed by atoms with Crippen molar-refractivity contribution in [3.8, 4) is 11.5 Å². The van der Waals surface area contributed by atoms with E-state index in [2.05, 4.69) is 15.3 Å². The summed E-state index contributed by atoms with van der Waals surface area (Å²) in [5.41, 5.74) is 1.67. The molecule has 21 heavy (non-hydrogen) atoms. The highest BCUT2D eigenvalue weighted by atomic mass is 19.1. The third kappa shape index (κ3) is 2.43. The quantitative estimate of drug-likeness (QED) is 0.630. The second kappa shape index (κ2) is 4.90. The van der Waals surface area contributed by atoms with E-state index in [1.54, 1.807) is 19.1 Å². The van der Waals surface area contributed by atoms with E-state index < -0.39 is 0 Å². The van der Waals surface area contributed by atoms with Crippen molar-refractivity contribution in [3.63, 3.8) is 0 Å². The van der Waals surface area contributed by atoms with Gasteiger partial charge < -0.3 is 15.5 Å². The molecule has 0 aliphatic heterocycles. The number of fused-ring (bicyclic) bond motifs is 1. The van der Waals surface area contributed by atoms with Crippen LogP contribution in [0.5, 0.6) is 11.5 Å². The van der Waals surface area contributed by atoms with E-state index in [0.717, 1.165) is 0 Å². The number of nitrogens with one attached hydrogen (secondary N) is 1. The van der Waals surface area contributed by atoms with Crippen molar-refractivity contribution in [1.82, 2.24) is 9.97 Å². The van der Waals surface area contributed by atoms with Crippen molar-refractivity contribution in [2.75, 3.05) is 5.32 Å². The minimum atomic E-state index is -0.282. The van der Waals surface area contributed by atoms with Gasteiger partial charge in [-0.25, -0.2) is 14.4 Å². The molecule has 3 N–H and O–H groups in total. The van der Waals surface area contributed by atoms with E-state index in [-0.39, 0.29) is 17.3 Å². The van der Waals surface area contributed by atoms with Crippen molar-refractivity contribution in [2.45, 2.75) is 6.92 Å². The lowest BCUT2D eigenvalue weighted by Crippen LogP contribution is -1.97. The first-order valence-corrected chi connectivity index (χ1v) is 6.24. The predicted molar refractivity (Wildman–Crippen MR) is 77.3 cm³/mol. The maximum Gasteiger partial charge on any atom is 0.159 e. The Hall–Kier alpha value is -2.89. The molecule has 0 unspecified atom stereocenters. The molecule has 0 saturated heterocycles. The Morgan fingerprint density at radius 2 is 1.81 bits per heavy atom. The first kappa shape index (κ1) is 13.1. The van der Waals surface area contributed by atoms with Crippen molar-refractivity contribution >= 4 is 22.4 Å². The number of aryl methyl sites for hydroxylation is 1. The van der Waals surface area contributed by atoms with E-state index in [1.165, 1.54) is 24.5 Å². The number of hydrogen-bond donors (Lipinski definition) is 3. The SMILES string of the molecule is Cc1cc(Nc2ncnc3cc(O)c(O)cc23)ccc1F. The van der Waals surface area contributed by atoms with Gasteiger partial charge in [0.2, 0.25) is 0 Å². The van der Waals surface area contributed by atoms with E-state index >= 15 is 0 Å². The summed E-state index contributed by atoms with van der Waals surface area (Å²) in [5.74, 6) is -0.322. The molecule has 0 saturated carbocycles. The van der Waals surface area contributed by atoms with Gasteiger partial charge in [0.15, 0.2) is 11.5 Å². The highest BCUT2D eigenvalue weighted by molar-refractivity contribution is 5.92. The molecule has 1 heterocycles. The molecule has 0 atom stereocenters. The van der Waals surface area contributed by atoms with Crippen LogP contribution in [0.4, 0.5) is 15.9 Å². The normalized spacial score (nSPS) is 10.8. The van der Waals surface area contributed by atoms with E-state index in [9.17, 15) is 14.6 Å². The van der Waals surface area contributed by atoms with Gasteiger partial charge in [-0.3, -0.25) is 0 Å². The Morgan fingerprint density at radius 3 is 2.57 bits per heavy atom. The number of halogens is 1. The molecule has 6 heteroatoms. The van der Waals surface area contributed by atoms with Crippen LogP contribution in [-0.4, -0.2) is 20.2 Å². The average molecular weight is 285 g/mol. The van der Waals surface area contributed by atoms with Crippen molar-refractivity contribution in [3.05, 3.63) is 48.0 Å². The van der Waals surface area contributed by atoms with Crippen LogP contribution in [0.15, 0.2) is 36.7 Å². The Labute approximate surface area is 119 Å². The number of nitrogens with zero attached hydrogens (tertiary/aromatic N) is 2. The summed E-state index contributed by atoms with van der Waals surface area (Å²) in [4.78, 5) is 8.15. The zero-order valence-corrected chi connectivity index (χ0v) is 11.1. The van der Waals surface area contributed by atoms with Gasteiger partial charge in [-0.2, -0.15) is 0 Å². The van der Waals surface area contributed by atoms with Gasteiger partial charge in [0, 0.05) is 17.1 Å². The molecular formula is C15H12FN3O2. The summed E-state index contributed by atoms with van der Waals surface area (Å²) >= 11 is 0. The molecule has 5 nitrogen and oxygen atoms in total. The van der Waals surface area contributed by atoms with Gasteiger partial charge in [0.1, 0.15) is 18.0 Å². The molecule has 0 aliphatic carbocycles. The molecule has 0 amide bonds. The minimum absolute atomic E-state index is 0.246. The molecule has 1 aromatic heterocycles. The molecule has 2 aromatic carbocycles. The fraction of sp³-hybridized carbons (Fsp3) is 0.0667. The monoisotopic (exact) mass is 285 g/mol. The Bertz CT molecular complexity index is 837. The molecule has 106 valence electrons. The third-order valence-electron chi connectivity index (χ3n) is 3.15. The topological polar surface area (TPSA) is 78.3 Å². The van der Waals surface area contributed by atoms with Gasteiger partial charge in [-0.1, -0.05) is 0 Å². The van der Waals surface area contributed by atoms with Crippen LogP contribution in [-0.2, 0) is 0 Å². The maximum atomic E-state index is 13.3. The summed E-state index contributed by atoms with van der Waals surface area (Å²) in [6.07, 6.45) is 1.34. The van der Waals surface area contributed by atoms with Gasteiger partial charge in [-0.05, 0) is 36.8 Å². The van der Waals surface area contributed by atoms with Crippen LogP contribution < -0.4 is 5.32 Å². The number of phenolic OH excluding ortho intramolecular Hbond substituents is 2. The smallest absolute Gasteiger partial charge is 0.159 e. The van der Waals surface area contributed by atoms with E-state index in [1.807, 2.05) is 0 Å². The van der Waals surface area contributed by atoms with Crippen molar-refractivity contribution in [2.24, 2.45) is 0 Å². The van der Waals surface area contributed by atoms with E-state index in [4.69, 9.17) is 0 Å². The molecule has 0 radical (unpaired) electrons. The van der Waals surface area contributed by atoms with Crippen LogP contribution in [0.3, 0.4) is 0 Å². The molecule has 0 aliphatic rings. The van der Waals surface area contributed by atoms with E-state index in [0.29, 0.717) is 28.0 Å². The standard InChI is InChI=1S/C15H12FN3O2/c1-8-4-9(2-3-11(8)16)19-15-10-5-13(20)14(21)6-12(10)17-7-18-15/h2-7,20-21H,1H3,(H,17,18,19). The summed E-state index contributed by atoms with van der Waals surface area (Å²) in [6, 6.07) is 7.35. The third-order valence-corrected chi connectivity index (χ3v) is 3.15. The number of anilines is 2. The highest BCUT2D eigenvalue weighted by Gasteiger charge is 2.09. The van der Waals surface area contributed by atoms with Gasteiger partial charge in [0.05, 0.1) is 5.52 Å². The Balaban J connectivity index is 2.07. The second-order valence-corrected chi connectivity index (χ2v) is 4.67. The molecule has 0 bridgehead atoms. The van der Waals surface area contributed by atoms with Gasteiger partial charge in [-0.15, -0.1) is 0 Å². The lowest BCUT2D eigenvalue weighted by molar-refractivity contribution is 0.405. The molecule has 0 fully saturated rings. The number of benzene rings is 2. The Kier molecular flexibility index (Phi) is 3.06.